The van der Waals surface area contributed by atoms with Crippen molar-refractivity contribution in [2.75, 3.05) is 18.0 Å². The molecule has 6 rings (SSSR count). The first kappa shape index (κ1) is 21.4. The van der Waals surface area contributed by atoms with Crippen molar-refractivity contribution >= 4 is 17.4 Å². The molecule has 34 heavy (non-hydrogen) atoms. The van der Waals surface area contributed by atoms with E-state index in [0.717, 1.165) is 48.0 Å². The zero-order valence-corrected chi connectivity index (χ0v) is 19.3. The molecular formula is C24H22ClF2N7. The second-order valence-corrected chi connectivity index (χ2v) is 10.1. The molecular weight excluding hydrogens is 460 g/mol. The minimum atomic E-state index is -0.669. The highest BCUT2D eigenvalue weighted by atomic mass is 35.5. The second kappa shape index (κ2) is 7.72. The van der Waals surface area contributed by atoms with Crippen LogP contribution in [0.3, 0.4) is 0 Å². The van der Waals surface area contributed by atoms with Crippen molar-refractivity contribution in [2.45, 2.75) is 44.8 Å². The predicted molar refractivity (Wildman–Crippen MR) is 121 cm³/mol. The van der Waals surface area contributed by atoms with E-state index in [1.165, 1.54) is 0 Å². The fourth-order valence-electron chi connectivity index (χ4n) is 5.65. The number of hydrogen-bond acceptors (Lipinski definition) is 6. The minimum absolute atomic E-state index is 0.0917. The van der Waals surface area contributed by atoms with Gasteiger partial charge in [-0.3, -0.25) is 9.47 Å². The summed E-state index contributed by atoms with van der Waals surface area (Å²) in [4.78, 5) is 7.87. The minimum Gasteiger partial charge on any atom is -0.353 e. The Morgan fingerprint density at radius 3 is 2.71 bits per heavy atom. The lowest BCUT2D eigenvalue weighted by molar-refractivity contribution is 0.0575. The van der Waals surface area contributed by atoms with E-state index in [9.17, 15) is 14.0 Å². The van der Waals surface area contributed by atoms with Crippen molar-refractivity contribution in [3.63, 3.8) is 0 Å². The first-order valence-corrected chi connectivity index (χ1v) is 11.7. The van der Waals surface area contributed by atoms with Crippen LogP contribution in [0.15, 0.2) is 30.5 Å². The van der Waals surface area contributed by atoms with E-state index < -0.39 is 11.6 Å². The summed E-state index contributed by atoms with van der Waals surface area (Å²) in [6, 6.07) is 8.74. The van der Waals surface area contributed by atoms with Gasteiger partial charge in [-0.1, -0.05) is 11.6 Å². The maximum atomic E-state index is 14.1. The molecule has 174 valence electrons. The molecule has 0 bridgehead atoms. The molecule has 1 aliphatic carbocycles. The first-order valence-electron chi connectivity index (χ1n) is 11.3. The third-order valence-corrected chi connectivity index (χ3v) is 7.59. The summed E-state index contributed by atoms with van der Waals surface area (Å²) in [5.41, 5.74) is 2.13. The molecule has 10 heteroatoms. The number of rotatable bonds is 3. The molecule has 1 saturated heterocycles. The number of pyridine rings is 1. The van der Waals surface area contributed by atoms with Crippen molar-refractivity contribution in [3.8, 4) is 11.8 Å². The molecule has 2 aliphatic heterocycles. The normalized spacial score (nSPS) is 20.0. The molecule has 2 aromatic heterocycles. The van der Waals surface area contributed by atoms with E-state index in [4.69, 9.17) is 11.6 Å². The van der Waals surface area contributed by atoms with Crippen molar-refractivity contribution in [1.29, 1.82) is 5.26 Å². The average molecular weight is 482 g/mol. The highest BCUT2D eigenvalue weighted by molar-refractivity contribution is 6.30. The topological polar surface area (TPSA) is 73.9 Å². The largest absolute Gasteiger partial charge is 0.353 e. The molecule has 1 unspecified atom stereocenters. The summed E-state index contributed by atoms with van der Waals surface area (Å²) >= 11 is 6.30. The number of fused-ring (bicyclic) bond motifs is 3. The van der Waals surface area contributed by atoms with Crippen LogP contribution in [0.5, 0.6) is 0 Å². The number of aromatic nitrogens is 4. The lowest BCUT2D eigenvalue weighted by atomic mass is 9.57. The SMILES string of the molecule is CC(C#N)N1Cc2cc(Cl)ccc2-n2c(nnc2C2CC3(C2)CN(c2ncc(F)cc2F)C3)C1. The lowest BCUT2D eigenvalue weighted by Gasteiger charge is -2.59. The molecule has 3 aliphatic rings. The number of nitriles is 1. The number of anilines is 1. The van der Waals surface area contributed by atoms with Crippen LogP contribution in [0.2, 0.25) is 5.02 Å². The van der Waals surface area contributed by atoms with Gasteiger partial charge >= 0.3 is 0 Å². The Bertz CT molecular complexity index is 1320. The van der Waals surface area contributed by atoms with Crippen molar-refractivity contribution in [3.05, 3.63) is 64.3 Å². The van der Waals surface area contributed by atoms with Gasteiger partial charge in [-0.25, -0.2) is 13.8 Å². The maximum Gasteiger partial charge on any atom is 0.168 e. The average Bonchev–Trinajstić information content (AvgIpc) is 3.07. The van der Waals surface area contributed by atoms with Gasteiger partial charge in [-0.15, -0.1) is 10.2 Å². The second-order valence-electron chi connectivity index (χ2n) is 9.71. The molecule has 0 radical (unpaired) electrons. The molecule has 1 saturated carbocycles. The number of hydrogen-bond donors (Lipinski definition) is 0. The maximum absolute atomic E-state index is 14.1. The zero-order chi connectivity index (χ0) is 23.6. The van der Waals surface area contributed by atoms with Gasteiger partial charge in [0.25, 0.3) is 0 Å². The molecule has 1 spiro atoms. The van der Waals surface area contributed by atoms with Crippen LogP contribution in [-0.2, 0) is 13.1 Å². The summed E-state index contributed by atoms with van der Waals surface area (Å²) in [7, 11) is 0. The smallest absolute Gasteiger partial charge is 0.168 e. The van der Waals surface area contributed by atoms with Crippen LogP contribution >= 0.6 is 11.6 Å². The van der Waals surface area contributed by atoms with E-state index in [2.05, 4.69) is 30.7 Å². The Balaban J connectivity index is 1.25. The Hall–Kier alpha value is -3.09. The molecule has 0 N–H and O–H groups in total. The van der Waals surface area contributed by atoms with Crippen LogP contribution < -0.4 is 4.90 Å². The van der Waals surface area contributed by atoms with E-state index in [1.54, 1.807) is 0 Å². The summed E-state index contributed by atoms with van der Waals surface area (Å²) in [5, 5.41) is 19.2. The summed E-state index contributed by atoms with van der Waals surface area (Å²) in [6.45, 7) is 4.40. The molecule has 0 amide bonds. The summed E-state index contributed by atoms with van der Waals surface area (Å²) in [5.74, 6) is 0.881. The van der Waals surface area contributed by atoms with Gasteiger partial charge in [-0.05, 0) is 43.5 Å². The van der Waals surface area contributed by atoms with Crippen molar-refractivity contribution in [2.24, 2.45) is 5.41 Å². The monoisotopic (exact) mass is 481 g/mol. The molecule has 3 aromatic rings. The number of nitrogens with zero attached hydrogens (tertiary/aromatic N) is 7. The quantitative estimate of drug-likeness (QED) is 0.558. The Labute approximate surface area is 200 Å². The van der Waals surface area contributed by atoms with Crippen LogP contribution in [-0.4, -0.2) is 43.8 Å². The standard InChI is InChI=1S/C24H22ClF2N7/c1-14(8-28)32-10-15-4-17(25)2-3-20(15)34-21(11-32)30-31-22(34)16-6-24(7-16)12-33(13-24)23-19(27)5-18(26)9-29-23/h2-5,9,14,16H,6-7,10-13H2,1H3. The third kappa shape index (κ3) is 3.36. The molecule has 1 atom stereocenters. The van der Waals surface area contributed by atoms with Gasteiger partial charge in [0.15, 0.2) is 17.5 Å². The van der Waals surface area contributed by atoms with Crippen LogP contribution in [0.1, 0.15) is 42.9 Å². The predicted octanol–water partition coefficient (Wildman–Crippen LogP) is 4.21. The lowest BCUT2D eigenvalue weighted by Crippen LogP contribution is -2.62. The van der Waals surface area contributed by atoms with Crippen LogP contribution in [0.25, 0.3) is 5.69 Å². The highest BCUT2D eigenvalue weighted by Gasteiger charge is 2.55. The Morgan fingerprint density at radius 2 is 1.97 bits per heavy atom. The summed E-state index contributed by atoms with van der Waals surface area (Å²) < 4.78 is 29.4. The molecule has 7 nitrogen and oxygen atoms in total. The van der Waals surface area contributed by atoms with Gasteiger partial charge < -0.3 is 4.90 Å². The van der Waals surface area contributed by atoms with Gasteiger partial charge in [0, 0.05) is 42.1 Å². The Kier molecular flexibility index (Phi) is 4.87. The molecule has 2 fully saturated rings. The zero-order valence-electron chi connectivity index (χ0n) is 18.5. The third-order valence-electron chi connectivity index (χ3n) is 7.35. The van der Waals surface area contributed by atoms with E-state index in [-0.39, 0.29) is 23.2 Å². The Morgan fingerprint density at radius 1 is 1.18 bits per heavy atom. The van der Waals surface area contributed by atoms with Gasteiger partial charge in [0.1, 0.15) is 11.6 Å². The molecule has 1 aromatic carbocycles. The number of halogens is 3. The van der Waals surface area contributed by atoms with Gasteiger partial charge in [-0.2, -0.15) is 5.26 Å². The van der Waals surface area contributed by atoms with Crippen LogP contribution in [0.4, 0.5) is 14.6 Å². The van der Waals surface area contributed by atoms with E-state index >= 15 is 0 Å². The van der Waals surface area contributed by atoms with Crippen molar-refractivity contribution < 1.29 is 8.78 Å². The number of benzene rings is 1. The first-order chi connectivity index (χ1) is 16.4. The highest BCUT2D eigenvalue weighted by Crippen LogP contribution is 2.56. The molecule has 4 heterocycles. The van der Waals surface area contributed by atoms with Gasteiger partial charge in [0.2, 0.25) is 0 Å². The fraction of sp³-hybridized carbons (Fsp3) is 0.417. The van der Waals surface area contributed by atoms with Crippen molar-refractivity contribution in [1.82, 2.24) is 24.6 Å². The van der Waals surface area contributed by atoms with E-state index in [0.29, 0.717) is 31.2 Å². The van der Waals surface area contributed by atoms with Gasteiger partial charge in [0.05, 0.1) is 30.5 Å². The van der Waals surface area contributed by atoms with Crippen LogP contribution in [0, 0.1) is 28.4 Å². The van der Waals surface area contributed by atoms with E-state index in [1.807, 2.05) is 30.0 Å². The fourth-order valence-corrected chi connectivity index (χ4v) is 5.84. The summed E-state index contributed by atoms with van der Waals surface area (Å²) in [6.07, 6.45) is 2.90.